The van der Waals surface area contributed by atoms with Crippen LogP contribution < -0.4 is 74.1 Å². The third-order valence-electron chi connectivity index (χ3n) is 6.70. The van der Waals surface area contributed by atoms with E-state index in [2.05, 4.69) is 0 Å². The summed E-state index contributed by atoms with van der Waals surface area (Å²) in [7, 11) is 0. The van der Waals surface area contributed by atoms with Gasteiger partial charge in [0.25, 0.3) is 0 Å². The molecule has 4 aromatic rings. The number of halogens is 1. The Bertz CT molecular complexity index is 1490. The summed E-state index contributed by atoms with van der Waals surface area (Å²) < 4.78 is 20.4. The first kappa shape index (κ1) is 31.8. The second-order valence-electron chi connectivity index (χ2n) is 9.36. The van der Waals surface area contributed by atoms with E-state index in [-0.39, 0.29) is 76.5 Å². The van der Waals surface area contributed by atoms with E-state index < -0.39 is 11.9 Å². The molecule has 190 valence electrons. The number of benzene rings is 3. The minimum Gasteiger partial charge on any atom is -0.872 e. The molecular weight excluding hydrogens is 539 g/mol. The molecule has 0 N–H and O–H groups in total. The molecule has 1 saturated heterocycles. The van der Waals surface area contributed by atoms with E-state index in [0.717, 1.165) is 16.5 Å². The second kappa shape index (κ2) is 13.3. The van der Waals surface area contributed by atoms with Gasteiger partial charge in [0.05, 0.1) is 4.88 Å². The Kier molecular flexibility index (Phi) is 10.8. The Morgan fingerprint density at radius 3 is 2.28 bits per heavy atom. The number of fused-ring (bicyclic) bond motifs is 1. The summed E-state index contributed by atoms with van der Waals surface area (Å²) in [5.74, 6) is -1.49. The average Bonchev–Trinajstić information content (AvgIpc) is 3.18. The van der Waals surface area contributed by atoms with E-state index >= 15 is 0 Å². The van der Waals surface area contributed by atoms with Crippen LogP contribution in [0.1, 0.15) is 26.4 Å². The largest absolute Gasteiger partial charge is 1.00 e. The van der Waals surface area contributed by atoms with Crippen LogP contribution in [0.5, 0.6) is 11.5 Å². The summed E-state index contributed by atoms with van der Waals surface area (Å²) in [4.78, 5) is 27.1. The number of aryl methyl sites for hydroxylation is 2. The third kappa shape index (κ3) is 6.77. The molecule has 0 spiro atoms. The van der Waals surface area contributed by atoms with E-state index in [9.17, 15) is 24.2 Å². The molecule has 5 rings (SSSR count). The number of carboxylic acids is 1. The van der Waals surface area contributed by atoms with Gasteiger partial charge in [-0.05, 0) is 54.8 Å². The molecule has 1 aromatic heterocycles. The molecule has 10 heteroatoms. The molecule has 6 nitrogen and oxygen atoms in total. The van der Waals surface area contributed by atoms with Crippen LogP contribution in [0.2, 0.25) is 0 Å². The van der Waals surface area contributed by atoms with Crippen LogP contribution in [-0.4, -0.2) is 42.9 Å². The number of ether oxygens (including phenoxy) is 1. The van der Waals surface area contributed by atoms with Crippen LogP contribution in [0.4, 0.5) is 4.39 Å². The van der Waals surface area contributed by atoms with E-state index in [1.165, 1.54) is 35.6 Å². The molecule has 0 bridgehead atoms. The number of aliphatic carboxylic acids is 1. The molecular formula is C29H24FNNa2O5S. The van der Waals surface area contributed by atoms with Crippen molar-refractivity contribution >= 4 is 33.2 Å². The van der Waals surface area contributed by atoms with Gasteiger partial charge in [0.2, 0.25) is 5.78 Å². The van der Waals surface area contributed by atoms with Gasteiger partial charge in [0.1, 0.15) is 18.2 Å². The van der Waals surface area contributed by atoms with Gasteiger partial charge in [-0.25, -0.2) is 4.39 Å². The number of carboxylic acid groups (broad SMARTS) is 1. The Morgan fingerprint density at radius 2 is 1.67 bits per heavy atom. The number of carbonyl (C=O) groups excluding carboxylic acids is 2. The van der Waals surface area contributed by atoms with Crippen LogP contribution in [0.3, 0.4) is 0 Å². The first-order chi connectivity index (χ1) is 17.7. The van der Waals surface area contributed by atoms with Crippen molar-refractivity contribution in [2.24, 2.45) is 5.92 Å². The maximum atomic E-state index is 13.9. The Balaban J connectivity index is 0.00000210. The minimum absolute atomic E-state index is 0. The number of hydrogen-bond donors (Lipinski definition) is 0. The van der Waals surface area contributed by atoms with E-state index in [1.54, 1.807) is 19.9 Å². The summed E-state index contributed by atoms with van der Waals surface area (Å²) in [5.41, 5.74) is 3.12. The van der Waals surface area contributed by atoms with E-state index in [0.29, 0.717) is 58.3 Å². The number of carbonyl (C=O) groups is 2. The molecule has 0 amide bonds. The van der Waals surface area contributed by atoms with Crippen LogP contribution in [0.15, 0.2) is 54.6 Å². The average molecular weight is 564 g/mol. The molecule has 3 aromatic carbocycles. The topological polar surface area (TPSA) is 92.7 Å². The molecule has 0 atom stereocenters. The quantitative estimate of drug-likeness (QED) is 0.177. The number of ketones is 1. The molecule has 0 radical (unpaired) electrons. The fourth-order valence-electron chi connectivity index (χ4n) is 4.82. The number of nitrogens with zero attached hydrogens (tertiary/aromatic N) is 1. The molecule has 1 aliphatic heterocycles. The summed E-state index contributed by atoms with van der Waals surface area (Å²) in [6.07, 6.45) is 0. The molecule has 2 heterocycles. The van der Waals surface area contributed by atoms with Crippen LogP contribution in [0.25, 0.3) is 21.2 Å². The van der Waals surface area contributed by atoms with Crippen molar-refractivity contribution in [3.05, 3.63) is 82.0 Å². The Labute approximate surface area is 274 Å². The van der Waals surface area contributed by atoms with Gasteiger partial charge in [-0.15, -0.1) is 17.1 Å². The maximum absolute atomic E-state index is 13.9. The van der Waals surface area contributed by atoms with Gasteiger partial charge < -0.3 is 19.7 Å². The zero-order valence-corrected chi connectivity index (χ0v) is 27.2. The predicted octanol–water partition coefficient (Wildman–Crippen LogP) is -2.30. The predicted molar refractivity (Wildman–Crippen MR) is 136 cm³/mol. The number of likely N-dealkylation sites (tertiary alicyclic amines) is 1. The second-order valence-corrected chi connectivity index (χ2v) is 10.4. The fourth-order valence-corrected chi connectivity index (χ4v) is 6.02. The smallest absolute Gasteiger partial charge is 0.872 e. The fraction of sp³-hybridized carbons (Fsp3) is 0.241. The standard InChI is InChI=1S/C29H26FNO5S.2Na/c1-16-11-20(30)12-17(2)25(16)27(33)28-26(23-8-5-21(32)13-24(23)37-28)18-3-6-22(7-4-18)36-10-9-31-14-19(15-31)29(34)35;;/h3-8,11-13,19,32H,9-10,14-15H2,1-2H3,(H,34,35);;/q;2*+1/p-2. The first-order valence-electron chi connectivity index (χ1n) is 11.9. The van der Waals surface area contributed by atoms with Crippen molar-refractivity contribution in [1.29, 1.82) is 0 Å². The zero-order valence-electron chi connectivity index (χ0n) is 22.4. The van der Waals surface area contributed by atoms with E-state index in [1.807, 2.05) is 29.2 Å². The monoisotopic (exact) mass is 563 g/mol. The summed E-state index contributed by atoms with van der Waals surface area (Å²) in [5, 5.41) is 23.7. The SMILES string of the molecule is Cc1cc(F)cc(C)c1C(=O)c1sc2cc([O-])ccc2c1-c1ccc(OCCN2CC(C(=O)[O-])C2)cc1.[Na+].[Na+]. The van der Waals surface area contributed by atoms with Crippen molar-refractivity contribution in [1.82, 2.24) is 4.90 Å². The van der Waals surface area contributed by atoms with Crippen molar-refractivity contribution in [2.75, 3.05) is 26.2 Å². The van der Waals surface area contributed by atoms with Gasteiger partial charge in [-0.1, -0.05) is 30.3 Å². The van der Waals surface area contributed by atoms with Gasteiger partial charge in [0.15, 0.2) is 0 Å². The molecule has 1 aliphatic rings. The summed E-state index contributed by atoms with van der Waals surface area (Å²) in [6.45, 7) is 5.43. The van der Waals surface area contributed by atoms with Crippen molar-refractivity contribution in [2.45, 2.75) is 13.8 Å². The number of rotatable bonds is 8. The summed E-state index contributed by atoms with van der Waals surface area (Å²) >= 11 is 1.26. The normalized spacial score (nSPS) is 13.3. The first-order valence-corrected chi connectivity index (χ1v) is 12.7. The molecule has 0 unspecified atom stereocenters. The van der Waals surface area contributed by atoms with Crippen molar-refractivity contribution in [3.8, 4) is 22.6 Å². The molecule has 39 heavy (non-hydrogen) atoms. The molecule has 1 fully saturated rings. The van der Waals surface area contributed by atoms with Crippen molar-refractivity contribution in [3.63, 3.8) is 0 Å². The number of hydrogen-bond acceptors (Lipinski definition) is 7. The van der Waals surface area contributed by atoms with Gasteiger partial charge in [-0.2, -0.15) is 0 Å². The Morgan fingerprint density at radius 1 is 1.03 bits per heavy atom. The zero-order chi connectivity index (χ0) is 26.3. The Hall–Kier alpha value is -1.75. The molecule has 0 aliphatic carbocycles. The van der Waals surface area contributed by atoms with Crippen LogP contribution in [0, 0.1) is 25.6 Å². The molecule has 0 saturated carbocycles. The van der Waals surface area contributed by atoms with E-state index in [4.69, 9.17) is 4.74 Å². The maximum Gasteiger partial charge on any atom is 1.00 e. The van der Waals surface area contributed by atoms with Gasteiger partial charge >= 0.3 is 59.1 Å². The van der Waals surface area contributed by atoms with Gasteiger partial charge in [0, 0.05) is 52.7 Å². The van der Waals surface area contributed by atoms with Crippen molar-refractivity contribution < 1.29 is 88.0 Å². The minimum atomic E-state index is -1.01. The van der Waals surface area contributed by atoms with Gasteiger partial charge in [-0.3, -0.25) is 9.69 Å². The number of thiophene rings is 1. The van der Waals surface area contributed by atoms with Crippen LogP contribution >= 0.6 is 11.3 Å². The third-order valence-corrected chi connectivity index (χ3v) is 7.85. The van der Waals surface area contributed by atoms with Crippen LogP contribution in [-0.2, 0) is 4.79 Å². The summed E-state index contributed by atoms with van der Waals surface area (Å²) in [6, 6.07) is 14.9.